The number of imidazole rings is 1. The fourth-order valence-electron chi connectivity index (χ4n) is 3.18. The average Bonchev–Trinajstić information content (AvgIpc) is 3.36. The number of nitrogens with zero attached hydrogens (tertiary/aromatic N) is 3. The van der Waals surface area contributed by atoms with Crippen LogP contribution in [0.4, 0.5) is 17.6 Å². The van der Waals surface area contributed by atoms with Crippen molar-refractivity contribution < 1.29 is 22.4 Å². The van der Waals surface area contributed by atoms with E-state index in [1.165, 1.54) is 28.9 Å². The lowest BCUT2D eigenvalue weighted by Crippen LogP contribution is -2.47. The zero-order chi connectivity index (χ0) is 20.1. The van der Waals surface area contributed by atoms with Gasteiger partial charge in [-0.3, -0.25) is 4.79 Å². The fourth-order valence-corrected chi connectivity index (χ4v) is 3.18. The van der Waals surface area contributed by atoms with E-state index in [9.17, 15) is 22.4 Å². The molecule has 0 spiro atoms. The molecule has 1 fully saturated rings. The van der Waals surface area contributed by atoms with E-state index in [0.717, 1.165) is 0 Å². The second kappa shape index (κ2) is 6.57. The standard InChI is InChI=1S/C19H16F4N4O/c1-10-7-14(12-3-2-4-13(20)8-12)26-27-15(10)9-24-17(27)18(28)25-16(11-5-6-11)19(21,22)23/h2-4,7-9,11,16H,5-6H2,1H3,(H,25,28)/t16-/m1/s1. The van der Waals surface area contributed by atoms with E-state index in [1.807, 2.05) is 0 Å². The first-order chi connectivity index (χ1) is 13.2. The largest absolute Gasteiger partial charge is 0.408 e. The van der Waals surface area contributed by atoms with Crippen LogP contribution in [-0.2, 0) is 0 Å². The maximum Gasteiger partial charge on any atom is 0.408 e. The molecule has 4 rings (SSSR count). The Bertz CT molecular complexity index is 1060. The van der Waals surface area contributed by atoms with Gasteiger partial charge in [0, 0.05) is 5.56 Å². The summed E-state index contributed by atoms with van der Waals surface area (Å²) >= 11 is 0. The maximum absolute atomic E-state index is 13.5. The van der Waals surface area contributed by atoms with Gasteiger partial charge in [0.25, 0.3) is 5.91 Å². The summed E-state index contributed by atoms with van der Waals surface area (Å²) in [6.07, 6.45) is -2.30. The quantitative estimate of drug-likeness (QED) is 0.685. The average molecular weight is 392 g/mol. The Morgan fingerprint density at radius 1 is 1.29 bits per heavy atom. The molecule has 1 aromatic carbocycles. The number of alkyl halides is 3. The Hall–Kier alpha value is -2.97. The van der Waals surface area contributed by atoms with Gasteiger partial charge >= 0.3 is 6.18 Å². The van der Waals surface area contributed by atoms with Gasteiger partial charge in [0.2, 0.25) is 5.82 Å². The molecule has 5 nitrogen and oxygen atoms in total. The van der Waals surface area contributed by atoms with Crippen LogP contribution in [0.2, 0.25) is 0 Å². The van der Waals surface area contributed by atoms with Crippen LogP contribution in [0.5, 0.6) is 0 Å². The minimum atomic E-state index is -4.53. The van der Waals surface area contributed by atoms with Crippen molar-refractivity contribution in [2.24, 2.45) is 5.92 Å². The van der Waals surface area contributed by atoms with Crippen LogP contribution < -0.4 is 5.32 Å². The number of aryl methyl sites for hydroxylation is 1. The predicted octanol–water partition coefficient (Wildman–Crippen LogP) is 3.91. The molecule has 9 heteroatoms. The number of rotatable bonds is 4. The topological polar surface area (TPSA) is 59.3 Å². The third-order valence-corrected chi connectivity index (χ3v) is 4.76. The van der Waals surface area contributed by atoms with E-state index in [-0.39, 0.29) is 5.82 Å². The monoisotopic (exact) mass is 392 g/mol. The van der Waals surface area contributed by atoms with E-state index >= 15 is 0 Å². The van der Waals surface area contributed by atoms with E-state index in [0.29, 0.717) is 35.2 Å². The number of fused-ring (bicyclic) bond motifs is 1. The van der Waals surface area contributed by atoms with Crippen LogP contribution in [0.25, 0.3) is 16.8 Å². The van der Waals surface area contributed by atoms with E-state index in [4.69, 9.17) is 0 Å². The van der Waals surface area contributed by atoms with Crippen LogP contribution in [-0.4, -0.2) is 32.7 Å². The minimum absolute atomic E-state index is 0.244. The fraction of sp³-hybridized carbons (Fsp3) is 0.316. The van der Waals surface area contributed by atoms with Crippen molar-refractivity contribution >= 4 is 11.4 Å². The lowest BCUT2D eigenvalue weighted by molar-refractivity contribution is -0.158. The van der Waals surface area contributed by atoms with Crippen molar-refractivity contribution in [2.45, 2.75) is 32.0 Å². The van der Waals surface area contributed by atoms with Crippen molar-refractivity contribution in [3.8, 4) is 11.3 Å². The molecule has 1 saturated carbocycles. The van der Waals surface area contributed by atoms with Gasteiger partial charge in [-0.2, -0.15) is 18.3 Å². The molecular weight excluding hydrogens is 376 g/mol. The van der Waals surface area contributed by atoms with Gasteiger partial charge in [-0.15, -0.1) is 0 Å². The summed E-state index contributed by atoms with van der Waals surface area (Å²) in [5.41, 5.74) is 2.05. The Balaban J connectivity index is 1.72. The SMILES string of the molecule is Cc1cc(-c2cccc(F)c2)nn2c(C(=O)N[C@H](C3CC3)C(F)(F)F)ncc12. The molecule has 1 N–H and O–H groups in total. The number of amides is 1. The normalized spacial score (nSPS) is 15.6. The molecule has 146 valence electrons. The second-order valence-corrected chi connectivity index (χ2v) is 6.93. The lowest BCUT2D eigenvalue weighted by atomic mass is 10.1. The van der Waals surface area contributed by atoms with Crippen LogP contribution >= 0.6 is 0 Å². The summed E-state index contributed by atoms with van der Waals surface area (Å²) in [6.45, 7) is 1.76. The minimum Gasteiger partial charge on any atom is -0.337 e. The number of halogens is 4. The third kappa shape index (κ3) is 3.44. The molecule has 0 aliphatic heterocycles. The number of hydrogen-bond acceptors (Lipinski definition) is 3. The van der Waals surface area contributed by atoms with Crippen LogP contribution in [0.3, 0.4) is 0 Å². The van der Waals surface area contributed by atoms with E-state index < -0.39 is 29.9 Å². The highest BCUT2D eigenvalue weighted by Gasteiger charge is 2.50. The number of carbonyl (C=O) groups is 1. The van der Waals surface area contributed by atoms with Crippen molar-refractivity contribution in [3.05, 3.63) is 53.7 Å². The maximum atomic E-state index is 13.5. The van der Waals surface area contributed by atoms with Gasteiger partial charge in [-0.05, 0) is 49.4 Å². The lowest BCUT2D eigenvalue weighted by Gasteiger charge is -2.20. The highest BCUT2D eigenvalue weighted by Crippen LogP contribution is 2.40. The molecule has 0 radical (unpaired) electrons. The molecule has 0 bridgehead atoms. The molecule has 1 aliphatic carbocycles. The molecule has 1 aliphatic rings. The zero-order valence-electron chi connectivity index (χ0n) is 14.8. The van der Waals surface area contributed by atoms with Crippen molar-refractivity contribution in [1.29, 1.82) is 0 Å². The van der Waals surface area contributed by atoms with Gasteiger partial charge in [0.05, 0.1) is 17.4 Å². The van der Waals surface area contributed by atoms with Gasteiger partial charge in [-0.1, -0.05) is 12.1 Å². The number of benzene rings is 1. The van der Waals surface area contributed by atoms with Crippen molar-refractivity contribution in [1.82, 2.24) is 19.9 Å². The number of nitrogens with one attached hydrogen (secondary N) is 1. The Kier molecular flexibility index (Phi) is 4.32. The third-order valence-electron chi connectivity index (χ3n) is 4.76. The van der Waals surface area contributed by atoms with Crippen LogP contribution in [0.1, 0.15) is 29.0 Å². The zero-order valence-corrected chi connectivity index (χ0v) is 14.8. The van der Waals surface area contributed by atoms with E-state index in [1.54, 1.807) is 19.1 Å². The molecule has 1 atom stereocenters. The van der Waals surface area contributed by atoms with Crippen LogP contribution in [0, 0.1) is 18.7 Å². The molecule has 1 amide bonds. The Morgan fingerprint density at radius 2 is 2.04 bits per heavy atom. The van der Waals surface area contributed by atoms with E-state index in [2.05, 4.69) is 15.4 Å². The summed E-state index contributed by atoms with van der Waals surface area (Å²) in [5.74, 6) is -2.24. The van der Waals surface area contributed by atoms with Gasteiger partial charge < -0.3 is 5.32 Å². The molecule has 3 aromatic rings. The Morgan fingerprint density at radius 3 is 2.68 bits per heavy atom. The highest BCUT2D eigenvalue weighted by molar-refractivity contribution is 5.92. The summed E-state index contributed by atoms with van der Waals surface area (Å²) < 4.78 is 54.4. The molecular formula is C19H16F4N4O. The molecule has 2 aromatic heterocycles. The number of hydrogen-bond donors (Lipinski definition) is 1. The second-order valence-electron chi connectivity index (χ2n) is 6.93. The first-order valence-corrected chi connectivity index (χ1v) is 8.73. The molecule has 0 saturated heterocycles. The molecule has 28 heavy (non-hydrogen) atoms. The molecule has 0 unspecified atom stereocenters. The number of carbonyl (C=O) groups excluding carboxylic acids is 1. The molecule has 2 heterocycles. The predicted molar refractivity (Wildman–Crippen MR) is 93.2 cm³/mol. The number of aromatic nitrogens is 3. The first-order valence-electron chi connectivity index (χ1n) is 8.73. The van der Waals surface area contributed by atoms with Crippen LogP contribution in [0.15, 0.2) is 36.5 Å². The van der Waals surface area contributed by atoms with Crippen molar-refractivity contribution in [2.75, 3.05) is 0 Å². The van der Waals surface area contributed by atoms with Gasteiger partial charge in [0.15, 0.2) is 0 Å². The summed E-state index contributed by atoms with van der Waals surface area (Å²) in [6, 6.07) is 5.56. The highest BCUT2D eigenvalue weighted by atomic mass is 19.4. The summed E-state index contributed by atoms with van der Waals surface area (Å²) in [4.78, 5) is 16.5. The van der Waals surface area contributed by atoms with Gasteiger partial charge in [-0.25, -0.2) is 13.9 Å². The summed E-state index contributed by atoms with van der Waals surface area (Å²) in [5, 5.41) is 6.36. The Labute approximate surface area is 157 Å². The van der Waals surface area contributed by atoms with Gasteiger partial charge in [0.1, 0.15) is 11.9 Å². The first kappa shape index (κ1) is 18.4. The summed E-state index contributed by atoms with van der Waals surface area (Å²) in [7, 11) is 0. The smallest absolute Gasteiger partial charge is 0.337 e. The van der Waals surface area contributed by atoms with Crippen molar-refractivity contribution in [3.63, 3.8) is 0 Å².